The molecule has 5 rings (SSSR count). The maximum absolute atomic E-state index is 13.4. The first-order chi connectivity index (χ1) is 22.5. The van der Waals surface area contributed by atoms with Crippen molar-refractivity contribution in [3.8, 4) is 0 Å². The minimum atomic E-state index is -0.587. The Kier molecular flexibility index (Phi) is 11.2. The zero-order valence-electron chi connectivity index (χ0n) is 28.6. The molecule has 1 radical (unpaired) electrons. The first kappa shape index (κ1) is 36.4. The van der Waals surface area contributed by atoms with Crippen LogP contribution in [-0.2, 0) is 58.5 Å². The van der Waals surface area contributed by atoms with Crippen LogP contribution in [0.1, 0.15) is 103 Å². The van der Waals surface area contributed by atoms with E-state index >= 15 is 0 Å². The molecule has 2 atom stereocenters. The third-order valence-corrected chi connectivity index (χ3v) is 9.40. The van der Waals surface area contributed by atoms with Gasteiger partial charge in [0, 0.05) is 12.0 Å². The van der Waals surface area contributed by atoms with Gasteiger partial charge in [0.2, 0.25) is 0 Å². The van der Waals surface area contributed by atoms with Crippen LogP contribution in [0.25, 0.3) is 33.3 Å². The summed E-state index contributed by atoms with van der Waals surface area (Å²) in [5.41, 5.74) is 10.3. The average molecular weight is 692 g/mol. The zero-order chi connectivity index (χ0) is 34.2. The molecule has 0 aliphatic carbocycles. The maximum atomic E-state index is 13.4. The number of allylic oxidation sites excluding steroid dienone is 4. The Balaban J connectivity index is 0.00000520. The normalized spacial score (nSPS) is 16.2. The number of esters is 3. The predicted octanol–water partition coefficient (Wildman–Crippen LogP) is 5.94. The first-order valence-electron chi connectivity index (χ1n) is 15.7. The van der Waals surface area contributed by atoms with Crippen molar-refractivity contribution in [2.45, 2.75) is 72.1 Å². The summed E-state index contributed by atoms with van der Waals surface area (Å²) in [6.45, 7) is 14.0. The van der Waals surface area contributed by atoms with Crippen LogP contribution in [0.5, 0.6) is 0 Å². The number of hydrogen-bond acceptors (Lipinski definition) is 8. The molecule has 2 unspecified atom stereocenters. The van der Waals surface area contributed by atoms with Crippen molar-refractivity contribution in [1.82, 2.24) is 19.9 Å². The molecule has 0 N–H and O–H groups in total. The van der Waals surface area contributed by atoms with E-state index in [9.17, 15) is 14.4 Å². The fourth-order valence-corrected chi connectivity index (χ4v) is 6.62. The fourth-order valence-electron chi connectivity index (χ4n) is 6.62. The van der Waals surface area contributed by atoms with Crippen LogP contribution in [0, 0.1) is 6.92 Å². The zero-order valence-corrected chi connectivity index (χ0v) is 29.8. The third-order valence-electron chi connectivity index (χ3n) is 9.40. The van der Waals surface area contributed by atoms with Crippen LogP contribution in [0.15, 0.2) is 30.9 Å². The van der Waals surface area contributed by atoms with Gasteiger partial charge >= 0.3 is 35.0 Å². The number of hydrogen-bond donors (Lipinski definition) is 0. The molecule has 251 valence electrons. The van der Waals surface area contributed by atoms with E-state index in [-0.39, 0.29) is 53.3 Å². The maximum Gasteiger partial charge on any atom is 2.00 e. The number of ether oxygens (including phenoxy) is 3. The Labute approximate surface area is 291 Å². The largest absolute Gasteiger partial charge is 2.00 e. The number of methoxy groups -OCH3 is 3. The van der Waals surface area contributed by atoms with Gasteiger partial charge in [-0.3, -0.25) is 9.59 Å². The van der Waals surface area contributed by atoms with Crippen LogP contribution in [0.4, 0.5) is 0 Å². The van der Waals surface area contributed by atoms with Gasteiger partial charge in [0.25, 0.3) is 0 Å². The van der Waals surface area contributed by atoms with Crippen LogP contribution in [0.2, 0.25) is 0 Å². The van der Waals surface area contributed by atoms with E-state index in [1.54, 1.807) is 13.0 Å². The third kappa shape index (κ3) is 6.49. The van der Waals surface area contributed by atoms with Crippen LogP contribution in [-0.4, -0.2) is 49.2 Å². The Morgan fingerprint density at radius 2 is 1.54 bits per heavy atom. The van der Waals surface area contributed by atoms with Gasteiger partial charge in [-0.05, 0) is 62.2 Å². The molecule has 0 fully saturated rings. The summed E-state index contributed by atoms with van der Waals surface area (Å²) in [5.74, 6) is -1.95. The topological polar surface area (TPSA) is 133 Å². The molecular formula is C37H40MnN4O6. The van der Waals surface area contributed by atoms with Gasteiger partial charge in [-0.25, -0.2) is 14.8 Å². The van der Waals surface area contributed by atoms with Crippen molar-refractivity contribution in [2.24, 2.45) is 0 Å². The van der Waals surface area contributed by atoms with E-state index < -0.39 is 11.9 Å². The molecule has 3 aliphatic rings. The SMILES string of the molecule is C=CC1=C(C)c2cc3[n-]c(c(CC(=O)OC)c4nc(cc5[n-]c(cc1n2)c(C)c5CC)C(C)=C4C(=O)OC)C(CCC(=O)OC)C3C.[Mn+2]. The van der Waals surface area contributed by atoms with Crippen molar-refractivity contribution in [1.29, 1.82) is 0 Å². The molecule has 0 amide bonds. The van der Waals surface area contributed by atoms with Crippen molar-refractivity contribution in [2.75, 3.05) is 21.3 Å². The number of carbonyl (C=O) groups excluding carboxylic acids is 3. The van der Waals surface area contributed by atoms with Gasteiger partial charge in [-0.2, -0.15) is 5.69 Å². The van der Waals surface area contributed by atoms with Gasteiger partial charge in [-0.15, -0.1) is 16.7 Å². The fraction of sp³-hybridized carbons (Fsp3) is 0.378. The summed E-state index contributed by atoms with van der Waals surface area (Å²) in [5, 5.41) is 0. The molecule has 0 saturated carbocycles. The molecule has 48 heavy (non-hydrogen) atoms. The van der Waals surface area contributed by atoms with Crippen LogP contribution < -0.4 is 9.97 Å². The Morgan fingerprint density at radius 3 is 2.17 bits per heavy atom. The van der Waals surface area contributed by atoms with Crippen molar-refractivity contribution < 1.29 is 45.7 Å². The molecule has 0 spiro atoms. The van der Waals surface area contributed by atoms with E-state index in [0.717, 1.165) is 56.8 Å². The molecule has 0 aromatic carbocycles. The van der Waals surface area contributed by atoms with Crippen LogP contribution >= 0.6 is 0 Å². The molecule has 5 heterocycles. The van der Waals surface area contributed by atoms with Gasteiger partial charge in [0.15, 0.2) is 0 Å². The number of fused-ring (bicyclic) bond motifs is 8. The average Bonchev–Trinajstić information content (AvgIpc) is 3.74. The molecular weight excluding hydrogens is 651 g/mol. The molecule has 10 nitrogen and oxygen atoms in total. The summed E-state index contributed by atoms with van der Waals surface area (Å²) >= 11 is 0. The standard InChI is InChI=1S/C37H41N4O6.Mn/c1-10-22-18(3)26-15-28-20(5)24(12-13-32(42)45-7)35(40-28)25(14-33(43)46-8)36-34(37(44)47-9)21(6)29(41-36)17-31-23(11-2)19(4)27(39-31)16-30(22)38-26;/h10,15-17,20,24H,1,11-14H2,2-9H3,(H-,38,39,40,41,44);/q-1;+2/p-1. The van der Waals surface area contributed by atoms with E-state index in [1.165, 1.54) is 21.3 Å². The predicted molar refractivity (Wildman–Crippen MR) is 180 cm³/mol. The van der Waals surface area contributed by atoms with Crippen molar-refractivity contribution in [3.63, 3.8) is 0 Å². The summed E-state index contributed by atoms with van der Waals surface area (Å²) < 4.78 is 15.3. The molecule has 3 aliphatic heterocycles. The van der Waals surface area contributed by atoms with Gasteiger partial charge < -0.3 is 24.2 Å². The Hall–Kier alpha value is -4.47. The summed E-state index contributed by atoms with van der Waals surface area (Å²) in [7, 11) is 3.97. The second-order valence-corrected chi connectivity index (χ2v) is 11.9. The van der Waals surface area contributed by atoms with Crippen molar-refractivity contribution in [3.05, 3.63) is 81.7 Å². The number of nitrogens with zero attached hydrogens (tertiary/aromatic N) is 4. The Bertz CT molecular complexity index is 1950. The Morgan fingerprint density at radius 1 is 0.875 bits per heavy atom. The number of carbonyl (C=O) groups is 3. The molecule has 0 saturated heterocycles. The first-order valence-corrected chi connectivity index (χ1v) is 15.7. The molecule has 2 aromatic heterocycles. The van der Waals surface area contributed by atoms with Gasteiger partial charge in [0.1, 0.15) is 0 Å². The molecule has 8 bridgehead atoms. The van der Waals surface area contributed by atoms with E-state index in [0.29, 0.717) is 34.6 Å². The molecule has 2 aromatic rings. The number of aromatic nitrogens is 4. The summed E-state index contributed by atoms with van der Waals surface area (Å²) in [4.78, 5) is 58.9. The van der Waals surface area contributed by atoms with Crippen molar-refractivity contribution >= 4 is 51.2 Å². The van der Waals surface area contributed by atoms with Crippen LogP contribution in [0.3, 0.4) is 0 Å². The number of rotatable bonds is 8. The summed E-state index contributed by atoms with van der Waals surface area (Å²) in [6, 6.07) is 5.80. The van der Waals surface area contributed by atoms with E-state index in [4.69, 9.17) is 34.1 Å². The minimum Gasteiger partial charge on any atom is -0.664 e. The van der Waals surface area contributed by atoms with Gasteiger partial charge in [-0.1, -0.05) is 55.8 Å². The molecule has 11 heteroatoms. The monoisotopic (exact) mass is 691 g/mol. The van der Waals surface area contributed by atoms with E-state index in [2.05, 4.69) is 13.5 Å². The second-order valence-electron chi connectivity index (χ2n) is 11.9. The quantitative estimate of drug-likeness (QED) is 0.186. The van der Waals surface area contributed by atoms with E-state index in [1.807, 2.05) is 39.0 Å². The summed E-state index contributed by atoms with van der Waals surface area (Å²) in [6.07, 6.45) is 2.86. The second kappa shape index (κ2) is 14.7. The smallest absolute Gasteiger partial charge is 0.664 e. The minimum absolute atomic E-state index is 0. The number of aryl methyl sites for hydroxylation is 2. The van der Waals surface area contributed by atoms with Gasteiger partial charge in [0.05, 0.1) is 56.1 Å².